The van der Waals surface area contributed by atoms with Crippen molar-refractivity contribution in [3.05, 3.63) is 27.8 Å². The number of benzene rings is 1. The second kappa shape index (κ2) is 6.41. The largest absolute Gasteiger partial charge is 0.316 e. The molecule has 90 valence electrons. The first-order chi connectivity index (χ1) is 7.53. The smallest absolute Gasteiger partial charge is 0.233 e. The van der Waals surface area contributed by atoms with Crippen LogP contribution in [-0.2, 0) is 10.0 Å². The zero-order valence-corrected chi connectivity index (χ0v) is 12.0. The molecule has 0 amide bonds. The Bertz CT molecular complexity index is 417. The van der Waals surface area contributed by atoms with Gasteiger partial charge in [-0.25, -0.2) is 8.42 Å². The molecule has 0 unspecified atom stereocenters. The highest BCUT2D eigenvalue weighted by Gasteiger charge is 2.09. The van der Waals surface area contributed by atoms with Gasteiger partial charge in [-0.2, -0.15) is 0 Å². The quantitative estimate of drug-likeness (QED) is 0.603. The molecule has 1 aromatic carbocycles. The first-order valence-corrected chi connectivity index (χ1v) is 7.73. The molecule has 1 aromatic rings. The van der Waals surface area contributed by atoms with Crippen LogP contribution in [0, 0.1) is 3.57 Å². The van der Waals surface area contributed by atoms with E-state index in [1.165, 1.54) is 0 Å². The molecule has 16 heavy (non-hydrogen) atoms. The molecule has 2 N–H and O–H groups in total. The van der Waals surface area contributed by atoms with E-state index in [4.69, 9.17) is 0 Å². The number of sulfonamides is 1. The van der Waals surface area contributed by atoms with Gasteiger partial charge in [-0.05, 0) is 53.4 Å². The molecule has 0 spiro atoms. The fourth-order valence-corrected chi connectivity index (χ4v) is 2.50. The first kappa shape index (κ1) is 13.7. The van der Waals surface area contributed by atoms with E-state index < -0.39 is 10.0 Å². The first-order valence-electron chi connectivity index (χ1n) is 5.00. The molecule has 4 nitrogen and oxygen atoms in total. The monoisotopic (exact) mass is 354 g/mol. The van der Waals surface area contributed by atoms with Crippen LogP contribution in [0.15, 0.2) is 24.3 Å². The van der Waals surface area contributed by atoms with E-state index in [0.717, 1.165) is 10.1 Å². The minimum absolute atomic E-state index is 0.0901. The third-order valence-electron chi connectivity index (χ3n) is 1.92. The molecule has 0 aliphatic carbocycles. The highest BCUT2D eigenvalue weighted by atomic mass is 127. The van der Waals surface area contributed by atoms with Crippen LogP contribution in [0.25, 0.3) is 0 Å². The van der Waals surface area contributed by atoms with Gasteiger partial charge in [-0.15, -0.1) is 0 Å². The zero-order chi connectivity index (χ0) is 12.0. The SMILES string of the molecule is CCNCCS(=O)(=O)Nc1ccc(I)cc1. The Kier molecular flexibility index (Phi) is 5.50. The van der Waals surface area contributed by atoms with Crippen LogP contribution in [-0.4, -0.2) is 27.3 Å². The Morgan fingerprint density at radius 2 is 1.88 bits per heavy atom. The predicted octanol–water partition coefficient (Wildman–Crippen LogP) is 1.64. The van der Waals surface area contributed by atoms with Crippen molar-refractivity contribution >= 4 is 38.3 Å². The van der Waals surface area contributed by atoms with E-state index in [2.05, 4.69) is 32.6 Å². The van der Waals surface area contributed by atoms with Crippen molar-refractivity contribution in [2.24, 2.45) is 0 Å². The Morgan fingerprint density at radius 1 is 1.25 bits per heavy atom. The van der Waals surface area contributed by atoms with Gasteiger partial charge in [-0.1, -0.05) is 6.92 Å². The van der Waals surface area contributed by atoms with Gasteiger partial charge in [0.25, 0.3) is 0 Å². The lowest BCUT2D eigenvalue weighted by Gasteiger charge is -2.08. The molecule has 0 aliphatic rings. The highest BCUT2D eigenvalue weighted by Crippen LogP contribution is 2.12. The van der Waals surface area contributed by atoms with E-state index in [1.807, 2.05) is 19.1 Å². The summed E-state index contributed by atoms with van der Waals surface area (Å²) < 4.78 is 26.8. The number of rotatable bonds is 6. The molecule has 0 atom stereocenters. The summed E-state index contributed by atoms with van der Waals surface area (Å²) in [6, 6.07) is 7.24. The van der Waals surface area contributed by atoms with Crippen LogP contribution in [0.1, 0.15) is 6.92 Å². The maximum atomic E-state index is 11.6. The molecule has 0 radical (unpaired) electrons. The number of anilines is 1. The minimum atomic E-state index is -3.23. The van der Waals surface area contributed by atoms with Crippen LogP contribution >= 0.6 is 22.6 Å². The van der Waals surface area contributed by atoms with Gasteiger partial charge in [0.15, 0.2) is 0 Å². The van der Waals surface area contributed by atoms with Crippen molar-refractivity contribution in [1.29, 1.82) is 0 Å². The van der Waals surface area contributed by atoms with Crippen molar-refractivity contribution in [2.75, 3.05) is 23.6 Å². The molecule has 0 saturated heterocycles. The van der Waals surface area contributed by atoms with Gasteiger partial charge < -0.3 is 5.32 Å². The summed E-state index contributed by atoms with van der Waals surface area (Å²) in [5.74, 6) is 0.0901. The third kappa shape index (κ3) is 5.13. The molecule has 0 fully saturated rings. The van der Waals surface area contributed by atoms with Crippen LogP contribution in [0.3, 0.4) is 0 Å². The van der Waals surface area contributed by atoms with Gasteiger partial charge in [0, 0.05) is 15.8 Å². The van der Waals surface area contributed by atoms with E-state index in [9.17, 15) is 8.42 Å². The Labute approximate surface area is 110 Å². The summed E-state index contributed by atoms with van der Waals surface area (Å²) in [6.07, 6.45) is 0. The van der Waals surface area contributed by atoms with Crippen molar-refractivity contribution in [3.63, 3.8) is 0 Å². The summed E-state index contributed by atoms with van der Waals surface area (Å²) >= 11 is 2.17. The van der Waals surface area contributed by atoms with Gasteiger partial charge in [0.1, 0.15) is 0 Å². The molecule has 0 bridgehead atoms. The summed E-state index contributed by atoms with van der Waals surface area (Å²) in [4.78, 5) is 0. The molecule has 0 saturated carbocycles. The van der Waals surface area contributed by atoms with Gasteiger partial charge in [0.05, 0.1) is 5.75 Å². The lowest BCUT2D eigenvalue weighted by molar-refractivity contribution is 0.597. The third-order valence-corrected chi connectivity index (χ3v) is 3.92. The summed E-state index contributed by atoms with van der Waals surface area (Å²) in [7, 11) is -3.23. The molecule has 0 aromatic heterocycles. The molecule has 6 heteroatoms. The van der Waals surface area contributed by atoms with Crippen LogP contribution in [0.4, 0.5) is 5.69 Å². The maximum absolute atomic E-state index is 11.6. The average molecular weight is 354 g/mol. The lowest BCUT2D eigenvalue weighted by atomic mass is 10.3. The van der Waals surface area contributed by atoms with Gasteiger partial charge in [-0.3, -0.25) is 4.72 Å². The zero-order valence-electron chi connectivity index (χ0n) is 9.03. The maximum Gasteiger partial charge on any atom is 0.233 e. The lowest BCUT2D eigenvalue weighted by Crippen LogP contribution is -2.26. The molecule has 0 heterocycles. The van der Waals surface area contributed by atoms with Crippen molar-refractivity contribution in [1.82, 2.24) is 5.32 Å². The second-order valence-corrected chi connectivity index (χ2v) is 6.37. The van der Waals surface area contributed by atoms with Crippen LogP contribution in [0.2, 0.25) is 0 Å². The van der Waals surface area contributed by atoms with E-state index in [-0.39, 0.29) is 5.75 Å². The van der Waals surface area contributed by atoms with Gasteiger partial charge in [0.2, 0.25) is 10.0 Å². The molecular formula is C10H15IN2O2S. The molecule has 0 aliphatic heterocycles. The topological polar surface area (TPSA) is 58.2 Å². The Balaban J connectivity index is 2.55. The average Bonchev–Trinajstić information content (AvgIpc) is 2.21. The highest BCUT2D eigenvalue weighted by molar-refractivity contribution is 14.1. The number of nitrogens with one attached hydrogen (secondary N) is 2. The summed E-state index contributed by atoms with van der Waals surface area (Å²) in [6.45, 7) is 3.19. The fraction of sp³-hybridized carbons (Fsp3) is 0.400. The second-order valence-electron chi connectivity index (χ2n) is 3.28. The molecular weight excluding hydrogens is 339 g/mol. The Hall–Kier alpha value is -0.340. The van der Waals surface area contributed by atoms with E-state index in [1.54, 1.807) is 12.1 Å². The van der Waals surface area contributed by atoms with Crippen LogP contribution < -0.4 is 10.0 Å². The van der Waals surface area contributed by atoms with Crippen LogP contribution in [0.5, 0.6) is 0 Å². The molecule has 1 rings (SSSR count). The van der Waals surface area contributed by atoms with Crippen molar-refractivity contribution < 1.29 is 8.42 Å². The summed E-state index contributed by atoms with van der Waals surface area (Å²) in [5, 5.41) is 2.98. The normalized spacial score (nSPS) is 11.4. The minimum Gasteiger partial charge on any atom is -0.316 e. The van der Waals surface area contributed by atoms with Gasteiger partial charge >= 0.3 is 0 Å². The fourth-order valence-electron chi connectivity index (χ4n) is 1.13. The van der Waals surface area contributed by atoms with Crippen molar-refractivity contribution in [3.8, 4) is 0 Å². The van der Waals surface area contributed by atoms with E-state index in [0.29, 0.717) is 12.2 Å². The van der Waals surface area contributed by atoms with E-state index >= 15 is 0 Å². The number of hydrogen-bond donors (Lipinski definition) is 2. The predicted molar refractivity (Wildman–Crippen MR) is 75.1 cm³/mol. The Morgan fingerprint density at radius 3 is 2.44 bits per heavy atom. The number of hydrogen-bond acceptors (Lipinski definition) is 3. The summed E-state index contributed by atoms with van der Waals surface area (Å²) in [5.41, 5.74) is 0.608. The van der Waals surface area contributed by atoms with Crippen molar-refractivity contribution in [2.45, 2.75) is 6.92 Å². The standard InChI is InChI=1S/C10H15IN2O2S/c1-2-12-7-8-16(14,15)13-10-5-3-9(11)4-6-10/h3-6,12-13H,2,7-8H2,1H3. The number of halogens is 1.